The third-order valence-electron chi connectivity index (χ3n) is 4.08. The monoisotopic (exact) mass is 314 g/mol. The average molecular weight is 314 g/mol. The van der Waals surface area contributed by atoms with Crippen molar-refractivity contribution in [1.82, 2.24) is 15.5 Å². The van der Waals surface area contributed by atoms with Crippen molar-refractivity contribution in [3.05, 3.63) is 41.4 Å². The maximum Gasteiger partial charge on any atom is 0.226 e. The van der Waals surface area contributed by atoms with Gasteiger partial charge < -0.3 is 14.7 Å². The first-order chi connectivity index (χ1) is 11.1. The number of piperidine rings is 1. The maximum atomic E-state index is 12.1. The summed E-state index contributed by atoms with van der Waals surface area (Å²) in [5, 5.41) is 6.95. The minimum Gasteiger partial charge on any atom is -0.361 e. The van der Waals surface area contributed by atoms with Gasteiger partial charge in [-0.25, -0.2) is 4.98 Å². The van der Waals surface area contributed by atoms with Crippen molar-refractivity contribution in [2.45, 2.75) is 39.2 Å². The van der Waals surface area contributed by atoms with Crippen LogP contribution < -0.4 is 10.2 Å². The Labute approximate surface area is 135 Å². The molecule has 0 radical (unpaired) electrons. The van der Waals surface area contributed by atoms with E-state index in [9.17, 15) is 4.79 Å². The molecule has 1 saturated heterocycles. The van der Waals surface area contributed by atoms with E-state index in [0.29, 0.717) is 5.69 Å². The first-order valence-corrected chi connectivity index (χ1v) is 8.00. The Morgan fingerprint density at radius 3 is 2.78 bits per heavy atom. The van der Waals surface area contributed by atoms with Crippen molar-refractivity contribution in [2.24, 2.45) is 0 Å². The minimum atomic E-state index is 0.00503. The molecule has 2 aromatic rings. The van der Waals surface area contributed by atoms with Gasteiger partial charge in [-0.2, -0.15) is 0 Å². The second-order valence-electron chi connectivity index (χ2n) is 6.07. The predicted molar refractivity (Wildman–Crippen MR) is 87.3 cm³/mol. The number of rotatable bonds is 4. The van der Waals surface area contributed by atoms with E-state index in [1.54, 1.807) is 6.07 Å². The highest BCUT2D eigenvalue weighted by atomic mass is 16.5. The lowest BCUT2D eigenvalue weighted by Crippen LogP contribution is -2.45. The largest absolute Gasteiger partial charge is 0.361 e. The fraction of sp³-hybridized carbons (Fsp3) is 0.471. The van der Waals surface area contributed by atoms with Crippen molar-refractivity contribution >= 4 is 11.7 Å². The molecule has 1 fully saturated rings. The highest BCUT2D eigenvalue weighted by molar-refractivity contribution is 5.78. The average Bonchev–Trinajstić information content (AvgIpc) is 2.93. The van der Waals surface area contributed by atoms with Gasteiger partial charge >= 0.3 is 0 Å². The Balaban J connectivity index is 1.48. The summed E-state index contributed by atoms with van der Waals surface area (Å²) in [5.74, 6) is 1.75. The number of carbonyl (C=O) groups is 1. The Bertz CT molecular complexity index is 675. The number of nitrogens with one attached hydrogen (secondary N) is 1. The van der Waals surface area contributed by atoms with E-state index in [1.165, 1.54) is 0 Å². The Kier molecular flexibility index (Phi) is 4.60. The van der Waals surface area contributed by atoms with Crippen LogP contribution in [0.25, 0.3) is 0 Å². The van der Waals surface area contributed by atoms with Gasteiger partial charge in [-0.05, 0) is 38.8 Å². The number of nitrogens with zero attached hydrogens (tertiary/aromatic N) is 3. The lowest BCUT2D eigenvalue weighted by Gasteiger charge is -2.33. The molecule has 0 saturated carbocycles. The molecule has 1 aliphatic rings. The van der Waals surface area contributed by atoms with Crippen LogP contribution in [0.5, 0.6) is 0 Å². The standard InChI is InChI=1S/C17H22N4O2/c1-12-4-3-5-16(18-12)21-8-6-14(7-9-21)19-17(22)11-15-10-13(2)23-20-15/h3-5,10,14H,6-9,11H2,1-2H3,(H,19,22). The van der Waals surface area contributed by atoms with Gasteiger partial charge in [-0.15, -0.1) is 0 Å². The molecule has 6 heteroatoms. The molecule has 0 bridgehead atoms. The van der Waals surface area contributed by atoms with Gasteiger partial charge in [0.1, 0.15) is 11.6 Å². The second-order valence-corrected chi connectivity index (χ2v) is 6.07. The number of aryl methyl sites for hydroxylation is 2. The summed E-state index contributed by atoms with van der Waals surface area (Å²) in [6, 6.07) is 8.09. The van der Waals surface area contributed by atoms with Crippen LogP contribution in [0.4, 0.5) is 5.82 Å². The van der Waals surface area contributed by atoms with Crippen LogP contribution in [0.2, 0.25) is 0 Å². The zero-order chi connectivity index (χ0) is 16.2. The summed E-state index contributed by atoms with van der Waals surface area (Å²) in [5.41, 5.74) is 1.71. The van der Waals surface area contributed by atoms with Crippen molar-refractivity contribution in [1.29, 1.82) is 0 Å². The molecule has 3 heterocycles. The van der Waals surface area contributed by atoms with Crippen molar-refractivity contribution < 1.29 is 9.32 Å². The summed E-state index contributed by atoms with van der Waals surface area (Å²) in [4.78, 5) is 18.9. The molecule has 0 atom stereocenters. The van der Waals surface area contributed by atoms with Gasteiger partial charge in [0, 0.05) is 30.9 Å². The molecule has 1 N–H and O–H groups in total. The normalized spacial score (nSPS) is 15.7. The molecule has 0 aliphatic carbocycles. The Morgan fingerprint density at radius 1 is 1.35 bits per heavy atom. The van der Waals surface area contributed by atoms with Crippen LogP contribution in [-0.2, 0) is 11.2 Å². The van der Waals surface area contributed by atoms with E-state index < -0.39 is 0 Å². The van der Waals surface area contributed by atoms with Gasteiger partial charge in [0.15, 0.2) is 0 Å². The van der Waals surface area contributed by atoms with Crippen LogP contribution >= 0.6 is 0 Å². The number of carbonyl (C=O) groups excluding carboxylic acids is 1. The summed E-state index contributed by atoms with van der Waals surface area (Å²) in [6.45, 7) is 5.64. The topological polar surface area (TPSA) is 71.3 Å². The SMILES string of the molecule is Cc1cccc(N2CCC(NC(=O)Cc3cc(C)on3)CC2)n1. The van der Waals surface area contributed by atoms with Gasteiger partial charge in [0.2, 0.25) is 5.91 Å². The fourth-order valence-electron chi connectivity index (χ4n) is 2.90. The molecule has 0 unspecified atom stereocenters. The van der Waals surface area contributed by atoms with E-state index in [-0.39, 0.29) is 18.4 Å². The van der Waals surface area contributed by atoms with E-state index in [0.717, 1.165) is 43.2 Å². The van der Waals surface area contributed by atoms with Crippen molar-refractivity contribution in [2.75, 3.05) is 18.0 Å². The van der Waals surface area contributed by atoms with Gasteiger partial charge in [-0.3, -0.25) is 4.79 Å². The quantitative estimate of drug-likeness (QED) is 0.935. The van der Waals surface area contributed by atoms with Crippen LogP contribution in [0.3, 0.4) is 0 Å². The zero-order valence-corrected chi connectivity index (χ0v) is 13.6. The molecule has 6 nitrogen and oxygen atoms in total. The molecule has 23 heavy (non-hydrogen) atoms. The predicted octanol–water partition coefficient (Wildman–Crippen LogP) is 2.01. The molecule has 2 aromatic heterocycles. The molecule has 122 valence electrons. The van der Waals surface area contributed by atoms with Crippen LogP contribution in [0.15, 0.2) is 28.8 Å². The van der Waals surface area contributed by atoms with Crippen LogP contribution in [0, 0.1) is 13.8 Å². The minimum absolute atomic E-state index is 0.00503. The van der Waals surface area contributed by atoms with Crippen molar-refractivity contribution in [3.63, 3.8) is 0 Å². The summed E-state index contributed by atoms with van der Waals surface area (Å²) >= 11 is 0. The lowest BCUT2D eigenvalue weighted by atomic mass is 10.0. The van der Waals surface area contributed by atoms with Gasteiger partial charge in [0.25, 0.3) is 0 Å². The third kappa shape index (κ3) is 4.09. The molecule has 1 amide bonds. The number of aromatic nitrogens is 2. The van der Waals surface area contributed by atoms with Crippen LogP contribution in [0.1, 0.15) is 30.0 Å². The first-order valence-electron chi connectivity index (χ1n) is 8.00. The number of amides is 1. The summed E-state index contributed by atoms with van der Waals surface area (Å²) in [7, 11) is 0. The molecule has 0 spiro atoms. The molecular formula is C17H22N4O2. The second kappa shape index (κ2) is 6.81. The number of hydrogen-bond acceptors (Lipinski definition) is 5. The van der Waals surface area contributed by atoms with E-state index >= 15 is 0 Å². The molecule has 0 aromatic carbocycles. The lowest BCUT2D eigenvalue weighted by molar-refractivity contribution is -0.121. The van der Waals surface area contributed by atoms with Crippen LogP contribution in [-0.4, -0.2) is 35.2 Å². The van der Waals surface area contributed by atoms with E-state index in [2.05, 4.69) is 20.4 Å². The maximum absolute atomic E-state index is 12.1. The Morgan fingerprint density at radius 2 is 2.13 bits per heavy atom. The van der Waals surface area contributed by atoms with Gasteiger partial charge in [-0.1, -0.05) is 11.2 Å². The Hall–Kier alpha value is -2.37. The third-order valence-corrected chi connectivity index (χ3v) is 4.08. The number of hydrogen-bond donors (Lipinski definition) is 1. The number of anilines is 1. The van der Waals surface area contributed by atoms with Crippen molar-refractivity contribution in [3.8, 4) is 0 Å². The highest BCUT2D eigenvalue weighted by Crippen LogP contribution is 2.18. The first kappa shape index (κ1) is 15.5. The molecule has 3 rings (SSSR count). The molecule has 1 aliphatic heterocycles. The van der Waals surface area contributed by atoms with E-state index in [4.69, 9.17) is 4.52 Å². The summed E-state index contributed by atoms with van der Waals surface area (Å²) < 4.78 is 4.98. The smallest absolute Gasteiger partial charge is 0.226 e. The zero-order valence-electron chi connectivity index (χ0n) is 13.6. The van der Waals surface area contributed by atoms with E-state index in [1.807, 2.05) is 32.0 Å². The number of pyridine rings is 1. The fourth-order valence-corrected chi connectivity index (χ4v) is 2.90. The highest BCUT2D eigenvalue weighted by Gasteiger charge is 2.22. The van der Waals surface area contributed by atoms with Gasteiger partial charge in [0.05, 0.1) is 12.1 Å². The summed E-state index contributed by atoms with van der Waals surface area (Å²) in [6.07, 6.45) is 2.13. The molecular weight excluding hydrogens is 292 g/mol.